The zero-order valence-electron chi connectivity index (χ0n) is 11.4. The van der Waals surface area contributed by atoms with E-state index in [1.165, 1.54) is 16.7 Å². The van der Waals surface area contributed by atoms with Gasteiger partial charge in [0.05, 0.1) is 0 Å². The molecule has 2 rings (SSSR count). The number of hydrogen-bond donors (Lipinski definition) is 2. The average Bonchev–Trinajstić information content (AvgIpc) is 2.42. The van der Waals surface area contributed by atoms with Crippen LogP contribution in [0.4, 0.5) is 5.82 Å². The van der Waals surface area contributed by atoms with Crippen molar-refractivity contribution in [1.82, 2.24) is 9.88 Å². The van der Waals surface area contributed by atoms with Crippen molar-refractivity contribution >= 4 is 5.82 Å². The highest BCUT2D eigenvalue weighted by Gasteiger charge is 2.02. The number of rotatable bonds is 5. The van der Waals surface area contributed by atoms with Gasteiger partial charge in [0.15, 0.2) is 0 Å². The van der Waals surface area contributed by atoms with Gasteiger partial charge in [-0.1, -0.05) is 35.9 Å². The number of anilines is 1. The van der Waals surface area contributed by atoms with Crippen LogP contribution in [0, 0.1) is 6.92 Å². The molecular weight excluding hydrogens is 236 g/mol. The first-order chi connectivity index (χ1) is 9.17. The number of hydrogen-bond acceptors (Lipinski definition) is 4. The summed E-state index contributed by atoms with van der Waals surface area (Å²) >= 11 is 0. The standard InChI is InChI=1S/C15H20N4/c1-12-3-5-13(6-4-12)10-19(2)11-14-7-8-15(18-16)17-9-14/h3-9H,10-11,16H2,1-2H3,(H,17,18). The Morgan fingerprint density at radius 1 is 1.05 bits per heavy atom. The lowest BCUT2D eigenvalue weighted by molar-refractivity contribution is 0.318. The Labute approximate surface area is 114 Å². The Kier molecular flexibility index (Phi) is 4.49. The molecule has 3 N–H and O–H groups in total. The van der Waals surface area contributed by atoms with Crippen molar-refractivity contribution < 1.29 is 0 Å². The SMILES string of the molecule is Cc1ccc(CN(C)Cc2ccc(NN)nc2)cc1. The smallest absolute Gasteiger partial charge is 0.139 e. The minimum atomic E-state index is 0.685. The van der Waals surface area contributed by atoms with Crippen LogP contribution in [0.25, 0.3) is 0 Å². The van der Waals surface area contributed by atoms with Gasteiger partial charge < -0.3 is 5.43 Å². The van der Waals surface area contributed by atoms with Gasteiger partial charge in [0.25, 0.3) is 0 Å². The molecule has 0 saturated carbocycles. The first-order valence-corrected chi connectivity index (χ1v) is 6.33. The molecular formula is C15H20N4. The minimum Gasteiger partial charge on any atom is -0.308 e. The van der Waals surface area contributed by atoms with Crippen LogP contribution in [0.1, 0.15) is 16.7 Å². The second-order valence-electron chi connectivity index (χ2n) is 4.85. The van der Waals surface area contributed by atoms with Crippen LogP contribution >= 0.6 is 0 Å². The summed E-state index contributed by atoms with van der Waals surface area (Å²) in [4.78, 5) is 6.47. The fraction of sp³-hybridized carbons (Fsp3) is 0.267. The summed E-state index contributed by atoms with van der Waals surface area (Å²) in [6, 6.07) is 12.6. The van der Waals surface area contributed by atoms with Gasteiger partial charge in [-0.2, -0.15) is 0 Å². The van der Waals surface area contributed by atoms with E-state index in [-0.39, 0.29) is 0 Å². The maximum atomic E-state index is 5.29. The third-order valence-corrected chi connectivity index (χ3v) is 3.00. The van der Waals surface area contributed by atoms with E-state index in [4.69, 9.17) is 5.84 Å². The van der Waals surface area contributed by atoms with Gasteiger partial charge in [-0.05, 0) is 31.2 Å². The molecule has 0 unspecified atom stereocenters. The molecule has 0 amide bonds. The Morgan fingerprint density at radius 3 is 2.26 bits per heavy atom. The van der Waals surface area contributed by atoms with Crippen LogP contribution in [0.2, 0.25) is 0 Å². The Bertz CT molecular complexity index is 505. The van der Waals surface area contributed by atoms with Crippen LogP contribution in [-0.2, 0) is 13.1 Å². The van der Waals surface area contributed by atoms with E-state index in [0.717, 1.165) is 13.1 Å². The summed E-state index contributed by atoms with van der Waals surface area (Å²) in [5.41, 5.74) is 6.32. The van der Waals surface area contributed by atoms with Crippen LogP contribution in [0.5, 0.6) is 0 Å². The third kappa shape index (κ3) is 4.05. The molecule has 4 nitrogen and oxygen atoms in total. The van der Waals surface area contributed by atoms with E-state index in [2.05, 4.69) is 53.5 Å². The van der Waals surface area contributed by atoms with E-state index >= 15 is 0 Å². The number of nitrogens with two attached hydrogens (primary N) is 1. The molecule has 1 aromatic heterocycles. The topological polar surface area (TPSA) is 54.2 Å². The number of benzene rings is 1. The first kappa shape index (κ1) is 13.5. The summed E-state index contributed by atoms with van der Waals surface area (Å²) in [5, 5.41) is 0. The third-order valence-electron chi connectivity index (χ3n) is 3.00. The van der Waals surface area contributed by atoms with Gasteiger partial charge in [0, 0.05) is 19.3 Å². The van der Waals surface area contributed by atoms with Crippen molar-refractivity contribution in [3.05, 3.63) is 59.3 Å². The van der Waals surface area contributed by atoms with Crippen LogP contribution in [-0.4, -0.2) is 16.9 Å². The summed E-state index contributed by atoms with van der Waals surface area (Å²) < 4.78 is 0. The number of aromatic nitrogens is 1. The van der Waals surface area contributed by atoms with E-state index in [9.17, 15) is 0 Å². The van der Waals surface area contributed by atoms with E-state index in [1.54, 1.807) is 0 Å². The molecule has 0 bridgehead atoms. The molecule has 0 saturated heterocycles. The second kappa shape index (κ2) is 6.31. The van der Waals surface area contributed by atoms with Crippen LogP contribution in [0.15, 0.2) is 42.6 Å². The highest BCUT2D eigenvalue weighted by molar-refractivity contribution is 5.33. The lowest BCUT2D eigenvalue weighted by atomic mass is 10.1. The summed E-state index contributed by atoms with van der Waals surface area (Å²) in [5.74, 6) is 5.98. The molecule has 1 heterocycles. The molecule has 2 aromatic rings. The zero-order valence-corrected chi connectivity index (χ0v) is 11.4. The molecule has 0 spiro atoms. The molecule has 4 heteroatoms. The van der Waals surface area contributed by atoms with Crippen molar-refractivity contribution in [2.75, 3.05) is 12.5 Å². The number of hydrazine groups is 1. The Balaban J connectivity index is 1.92. The number of aryl methyl sites for hydroxylation is 1. The highest BCUT2D eigenvalue weighted by Crippen LogP contribution is 2.10. The van der Waals surface area contributed by atoms with Gasteiger partial charge in [0.1, 0.15) is 5.82 Å². The normalized spacial score (nSPS) is 10.7. The molecule has 0 aliphatic heterocycles. The molecule has 0 radical (unpaired) electrons. The van der Waals surface area contributed by atoms with Crippen LogP contribution < -0.4 is 11.3 Å². The Hall–Kier alpha value is -1.91. The zero-order chi connectivity index (χ0) is 13.7. The maximum Gasteiger partial charge on any atom is 0.139 e. The second-order valence-corrected chi connectivity index (χ2v) is 4.85. The average molecular weight is 256 g/mol. The summed E-state index contributed by atoms with van der Waals surface area (Å²) in [6.45, 7) is 3.90. The highest BCUT2D eigenvalue weighted by atomic mass is 15.2. The largest absolute Gasteiger partial charge is 0.308 e. The van der Waals surface area contributed by atoms with Crippen molar-refractivity contribution in [2.45, 2.75) is 20.0 Å². The predicted molar refractivity (Wildman–Crippen MR) is 78.4 cm³/mol. The van der Waals surface area contributed by atoms with E-state index in [1.807, 2.05) is 18.3 Å². The minimum absolute atomic E-state index is 0.685. The fourth-order valence-corrected chi connectivity index (χ4v) is 1.98. The molecule has 1 aromatic carbocycles. The quantitative estimate of drug-likeness (QED) is 0.636. The Morgan fingerprint density at radius 2 is 1.68 bits per heavy atom. The number of nitrogens with zero attached hydrogens (tertiary/aromatic N) is 2. The molecule has 0 atom stereocenters. The molecule has 100 valence electrons. The van der Waals surface area contributed by atoms with Crippen molar-refractivity contribution in [2.24, 2.45) is 5.84 Å². The van der Waals surface area contributed by atoms with E-state index < -0.39 is 0 Å². The summed E-state index contributed by atoms with van der Waals surface area (Å²) in [6.07, 6.45) is 1.85. The summed E-state index contributed by atoms with van der Waals surface area (Å²) in [7, 11) is 2.11. The first-order valence-electron chi connectivity index (χ1n) is 6.33. The van der Waals surface area contributed by atoms with Gasteiger partial charge >= 0.3 is 0 Å². The van der Waals surface area contributed by atoms with Gasteiger partial charge in [0.2, 0.25) is 0 Å². The lowest BCUT2D eigenvalue weighted by Crippen LogP contribution is -2.17. The van der Waals surface area contributed by atoms with Gasteiger partial charge in [-0.3, -0.25) is 4.90 Å². The monoisotopic (exact) mass is 256 g/mol. The number of pyridine rings is 1. The molecule has 0 aliphatic carbocycles. The van der Waals surface area contributed by atoms with E-state index in [0.29, 0.717) is 5.82 Å². The number of nitrogen functional groups attached to an aromatic ring is 1. The number of nitrogens with one attached hydrogen (secondary N) is 1. The van der Waals surface area contributed by atoms with Crippen molar-refractivity contribution in [3.63, 3.8) is 0 Å². The fourth-order valence-electron chi connectivity index (χ4n) is 1.98. The van der Waals surface area contributed by atoms with Crippen LogP contribution in [0.3, 0.4) is 0 Å². The van der Waals surface area contributed by atoms with Crippen molar-refractivity contribution in [3.8, 4) is 0 Å². The molecule has 0 aliphatic rings. The van der Waals surface area contributed by atoms with Gasteiger partial charge in [-0.15, -0.1) is 0 Å². The molecule has 19 heavy (non-hydrogen) atoms. The maximum absolute atomic E-state index is 5.29. The van der Waals surface area contributed by atoms with Gasteiger partial charge in [-0.25, -0.2) is 10.8 Å². The predicted octanol–water partition coefficient (Wildman–Crippen LogP) is 2.31. The van der Waals surface area contributed by atoms with Crippen molar-refractivity contribution in [1.29, 1.82) is 0 Å². The molecule has 0 fully saturated rings. The lowest BCUT2D eigenvalue weighted by Gasteiger charge is -2.17.